The third-order valence-corrected chi connectivity index (χ3v) is 2.67. The number of ether oxygens (including phenoxy) is 1. The van der Waals surface area contributed by atoms with E-state index in [0.717, 1.165) is 5.56 Å². The SMILES string of the molecule is CC(=O)CCc1ccc2c(c1)NC(=O)CCO2. The van der Waals surface area contributed by atoms with Crippen LogP contribution >= 0.6 is 0 Å². The van der Waals surface area contributed by atoms with Gasteiger partial charge in [0.25, 0.3) is 0 Å². The highest BCUT2D eigenvalue weighted by molar-refractivity contribution is 5.93. The Kier molecular flexibility index (Phi) is 3.42. The molecule has 0 fully saturated rings. The van der Waals surface area contributed by atoms with Crippen LogP contribution in [-0.4, -0.2) is 18.3 Å². The molecule has 0 aliphatic carbocycles. The van der Waals surface area contributed by atoms with Gasteiger partial charge in [0.05, 0.1) is 18.7 Å². The second kappa shape index (κ2) is 4.99. The van der Waals surface area contributed by atoms with E-state index in [1.807, 2.05) is 18.2 Å². The Morgan fingerprint density at radius 1 is 1.47 bits per heavy atom. The van der Waals surface area contributed by atoms with Crippen molar-refractivity contribution >= 4 is 17.4 Å². The topological polar surface area (TPSA) is 55.4 Å². The third kappa shape index (κ3) is 3.06. The molecular weight excluding hydrogens is 218 g/mol. The molecule has 1 amide bonds. The third-order valence-electron chi connectivity index (χ3n) is 2.67. The van der Waals surface area contributed by atoms with Crippen molar-refractivity contribution in [3.05, 3.63) is 23.8 Å². The van der Waals surface area contributed by atoms with Gasteiger partial charge in [-0.2, -0.15) is 0 Å². The molecule has 0 atom stereocenters. The predicted molar refractivity (Wildman–Crippen MR) is 64.2 cm³/mol. The number of amides is 1. The summed E-state index contributed by atoms with van der Waals surface area (Å²) in [7, 11) is 0. The first-order valence-corrected chi connectivity index (χ1v) is 5.70. The zero-order chi connectivity index (χ0) is 12.3. The molecule has 4 nitrogen and oxygen atoms in total. The van der Waals surface area contributed by atoms with Gasteiger partial charge in [0.15, 0.2) is 0 Å². The van der Waals surface area contributed by atoms with Crippen LogP contribution in [0, 0.1) is 0 Å². The molecule has 0 aromatic heterocycles. The monoisotopic (exact) mass is 233 g/mol. The Bertz CT molecular complexity index is 454. The van der Waals surface area contributed by atoms with E-state index in [-0.39, 0.29) is 11.7 Å². The van der Waals surface area contributed by atoms with Crippen LogP contribution < -0.4 is 10.1 Å². The minimum Gasteiger partial charge on any atom is -0.491 e. The average Bonchev–Trinajstić information content (AvgIpc) is 2.46. The molecule has 0 radical (unpaired) electrons. The standard InChI is InChI=1S/C13H15NO3/c1-9(15)2-3-10-4-5-12-11(8-10)14-13(16)6-7-17-12/h4-5,8H,2-3,6-7H2,1H3,(H,14,16). The van der Waals surface area contributed by atoms with Gasteiger partial charge in [0.2, 0.25) is 5.91 Å². The van der Waals surface area contributed by atoms with E-state index in [9.17, 15) is 9.59 Å². The van der Waals surface area contributed by atoms with Crippen molar-refractivity contribution in [1.82, 2.24) is 0 Å². The van der Waals surface area contributed by atoms with E-state index < -0.39 is 0 Å². The molecule has 0 spiro atoms. The van der Waals surface area contributed by atoms with Gasteiger partial charge in [0, 0.05) is 6.42 Å². The summed E-state index contributed by atoms with van der Waals surface area (Å²) < 4.78 is 5.45. The minimum atomic E-state index is -0.0348. The Hall–Kier alpha value is -1.84. The molecule has 1 aliphatic rings. The number of hydrogen-bond acceptors (Lipinski definition) is 3. The molecular formula is C13H15NO3. The normalized spacial score (nSPS) is 14.3. The largest absolute Gasteiger partial charge is 0.491 e. The van der Waals surface area contributed by atoms with Crippen molar-refractivity contribution < 1.29 is 14.3 Å². The molecule has 17 heavy (non-hydrogen) atoms. The lowest BCUT2D eigenvalue weighted by atomic mass is 10.1. The van der Waals surface area contributed by atoms with Crippen LogP contribution in [0.3, 0.4) is 0 Å². The number of nitrogens with one attached hydrogen (secondary N) is 1. The van der Waals surface area contributed by atoms with Crippen LogP contribution in [0.4, 0.5) is 5.69 Å². The summed E-state index contributed by atoms with van der Waals surface area (Å²) in [6.45, 7) is 1.99. The number of fused-ring (bicyclic) bond motifs is 1. The molecule has 1 aliphatic heterocycles. The molecule has 1 heterocycles. The number of hydrogen-bond donors (Lipinski definition) is 1. The first-order valence-electron chi connectivity index (χ1n) is 5.70. The van der Waals surface area contributed by atoms with Crippen LogP contribution in [0.15, 0.2) is 18.2 Å². The van der Waals surface area contributed by atoms with E-state index in [0.29, 0.717) is 37.3 Å². The number of Topliss-reactive ketones (excluding diaryl/α,β-unsaturated/α-hetero) is 1. The summed E-state index contributed by atoms with van der Waals surface area (Å²) in [4.78, 5) is 22.3. The minimum absolute atomic E-state index is 0.0348. The van der Waals surface area contributed by atoms with Crippen molar-refractivity contribution in [3.63, 3.8) is 0 Å². The maximum absolute atomic E-state index is 11.4. The van der Waals surface area contributed by atoms with Crippen molar-refractivity contribution in [2.45, 2.75) is 26.2 Å². The van der Waals surface area contributed by atoms with Crippen molar-refractivity contribution in [2.24, 2.45) is 0 Å². The molecule has 90 valence electrons. The van der Waals surface area contributed by atoms with E-state index in [4.69, 9.17) is 4.74 Å². The average molecular weight is 233 g/mol. The number of ketones is 1. The fourth-order valence-corrected chi connectivity index (χ4v) is 1.74. The smallest absolute Gasteiger partial charge is 0.227 e. The summed E-state index contributed by atoms with van der Waals surface area (Å²) in [5.74, 6) is 0.829. The Balaban J connectivity index is 2.17. The maximum Gasteiger partial charge on any atom is 0.227 e. The molecule has 1 N–H and O–H groups in total. The van der Waals surface area contributed by atoms with Gasteiger partial charge in [-0.25, -0.2) is 0 Å². The Morgan fingerprint density at radius 3 is 3.06 bits per heavy atom. The zero-order valence-corrected chi connectivity index (χ0v) is 9.79. The molecule has 0 unspecified atom stereocenters. The van der Waals surface area contributed by atoms with Crippen molar-refractivity contribution in [2.75, 3.05) is 11.9 Å². The summed E-state index contributed by atoms with van der Waals surface area (Å²) in [5.41, 5.74) is 1.73. The van der Waals surface area contributed by atoms with Crippen LogP contribution in [0.5, 0.6) is 5.75 Å². The molecule has 0 bridgehead atoms. The second-order valence-electron chi connectivity index (χ2n) is 4.18. The van der Waals surface area contributed by atoms with Gasteiger partial charge in [-0.3, -0.25) is 4.79 Å². The van der Waals surface area contributed by atoms with E-state index in [1.165, 1.54) is 0 Å². The zero-order valence-electron chi connectivity index (χ0n) is 9.79. The summed E-state index contributed by atoms with van der Waals surface area (Å²) in [6, 6.07) is 5.65. The summed E-state index contributed by atoms with van der Waals surface area (Å²) in [6.07, 6.45) is 1.59. The number of carbonyl (C=O) groups excluding carboxylic acids is 2. The second-order valence-corrected chi connectivity index (χ2v) is 4.18. The molecule has 4 heteroatoms. The first kappa shape index (κ1) is 11.6. The van der Waals surface area contributed by atoms with Gasteiger partial charge < -0.3 is 14.8 Å². The van der Waals surface area contributed by atoms with Gasteiger partial charge in [0.1, 0.15) is 11.5 Å². The quantitative estimate of drug-likeness (QED) is 0.867. The van der Waals surface area contributed by atoms with Gasteiger partial charge >= 0.3 is 0 Å². The van der Waals surface area contributed by atoms with Crippen LogP contribution in [0.2, 0.25) is 0 Å². The maximum atomic E-state index is 11.4. The Morgan fingerprint density at radius 2 is 2.29 bits per heavy atom. The first-order chi connectivity index (χ1) is 8.15. The molecule has 1 aromatic rings. The highest BCUT2D eigenvalue weighted by Crippen LogP contribution is 2.28. The number of carbonyl (C=O) groups is 2. The fourth-order valence-electron chi connectivity index (χ4n) is 1.74. The summed E-state index contributed by atoms with van der Waals surface area (Å²) >= 11 is 0. The van der Waals surface area contributed by atoms with E-state index in [2.05, 4.69) is 5.32 Å². The van der Waals surface area contributed by atoms with Gasteiger partial charge in [-0.15, -0.1) is 0 Å². The Labute approximate surface area is 100.0 Å². The lowest BCUT2D eigenvalue weighted by Crippen LogP contribution is -2.10. The van der Waals surface area contributed by atoms with E-state index in [1.54, 1.807) is 6.92 Å². The van der Waals surface area contributed by atoms with E-state index >= 15 is 0 Å². The molecule has 2 rings (SSSR count). The lowest BCUT2D eigenvalue weighted by Gasteiger charge is -2.08. The van der Waals surface area contributed by atoms with Crippen LogP contribution in [-0.2, 0) is 16.0 Å². The van der Waals surface area contributed by atoms with Crippen LogP contribution in [0.25, 0.3) is 0 Å². The predicted octanol–water partition coefficient (Wildman–Crippen LogP) is 1.93. The molecule has 1 aromatic carbocycles. The number of aryl methyl sites for hydroxylation is 1. The lowest BCUT2D eigenvalue weighted by molar-refractivity contribution is -0.117. The summed E-state index contributed by atoms with van der Waals surface area (Å²) in [5, 5.41) is 2.80. The molecule has 0 saturated carbocycles. The van der Waals surface area contributed by atoms with Crippen LogP contribution in [0.1, 0.15) is 25.3 Å². The number of anilines is 1. The number of rotatable bonds is 3. The molecule has 0 saturated heterocycles. The van der Waals surface area contributed by atoms with Crippen molar-refractivity contribution in [1.29, 1.82) is 0 Å². The van der Waals surface area contributed by atoms with Gasteiger partial charge in [-0.05, 0) is 31.0 Å². The highest BCUT2D eigenvalue weighted by Gasteiger charge is 2.13. The fraction of sp³-hybridized carbons (Fsp3) is 0.385. The number of benzene rings is 1. The highest BCUT2D eigenvalue weighted by atomic mass is 16.5. The van der Waals surface area contributed by atoms with Gasteiger partial charge in [-0.1, -0.05) is 6.07 Å². The van der Waals surface area contributed by atoms with Crippen molar-refractivity contribution in [3.8, 4) is 5.75 Å².